The van der Waals surface area contributed by atoms with E-state index >= 15 is 0 Å². The number of halogens is 1. The van der Waals surface area contributed by atoms with Crippen LogP contribution in [0, 0.1) is 0 Å². The highest BCUT2D eigenvalue weighted by Gasteiger charge is 2.18. The fourth-order valence-electron chi connectivity index (χ4n) is 2.71. The molecule has 0 saturated heterocycles. The van der Waals surface area contributed by atoms with Gasteiger partial charge in [0.1, 0.15) is 6.10 Å². The van der Waals surface area contributed by atoms with Gasteiger partial charge in [-0.3, -0.25) is 0 Å². The van der Waals surface area contributed by atoms with Crippen LogP contribution in [-0.2, 0) is 19.3 Å². The Kier molecular flexibility index (Phi) is 3.46. The molecule has 0 bridgehead atoms. The third-order valence-electron chi connectivity index (χ3n) is 3.99. The Morgan fingerprint density at radius 2 is 1.89 bits per heavy atom. The number of rotatable bonds is 3. The Balaban J connectivity index is 2.00. The van der Waals surface area contributed by atoms with Crippen LogP contribution in [0.3, 0.4) is 0 Å². The molecule has 3 rings (SSSR count). The lowest BCUT2D eigenvalue weighted by Gasteiger charge is -2.22. The highest BCUT2D eigenvalue weighted by Crippen LogP contribution is 2.31. The van der Waals surface area contributed by atoms with Crippen molar-refractivity contribution in [3.8, 4) is 0 Å². The van der Waals surface area contributed by atoms with E-state index in [-0.39, 0.29) is 0 Å². The summed E-state index contributed by atoms with van der Waals surface area (Å²) in [6.07, 6.45) is 2.74. The molecule has 0 aromatic heterocycles. The predicted molar refractivity (Wildman–Crippen MR) is 81.4 cm³/mol. The van der Waals surface area contributed by atoms with Gasteiger partial charge in [0, 0.05) is 4.47 Å². The van der Waals surface area contributed by atoms with Gasteiger partial charge in [0.05, 0.1) is 0 Å². The van der Waals surface area contributed by atoms with Gasteiger partial charge in [0.2, 0.25) is 0 Å². The summed E-state index contributed by atoms with van der Waals surface area (Å²) in [5.41, 5.74) is 6.05. The average Bonchev–Trinajstić information content (AvgIpc) is 2.39. The topological polar surface area (TPSA) is 20.2 Å². The van der Waals surface area contributed by atoms with Gasteiger partial charge < -0.3 is 5.11 Å². The summed E-state index contributed by atoms with van der Waals surface area (Å²) in [4.78, 5) is 0. The molecular weight excluding hydrogens is 300 g/mol. The standard InChI is InChI=1S/C17H17BrO/c1-2-11-7-8-15(18)10-16(11)17(19)14-6-4-12-3-5-13(12)9-14/h4,6-10,17,19H,2-3,5H2,1H3. The third kappa shape index (κ3) is 2.35. The minimum Gasteiger partial charge on any atom is -0.384 e. The van der Waals surface area contributed by atoms with E-state index < -0.39 is 6.10 Å². The molecule has 0 spiro atoms. The molecule has 1 aliphatic carbocycles. The molecule has 1 unspecified atom stereocenters. The second-order valence-electron chi connectivity index (χ2n) is 5.13. The van der Waals surface area contributed by atoms with Crippen LogP contribution < -0.4 is 0 Å². The van der Waals surface area contributed by atoms with Gasteiger partial charge in [-0.05, 0) is 59.2 Å². The molecule has 0 aliphatic heterocycles. The number of fused-ring (bicyclic) bond motifs is 1. The van der Waals surface area contributed by atoms with E-state index in [1.54, 1.807) is 0 Å². The molecule has 2 heteroatoms. The molecule has 98 valence electrons. The zero-order chi connectivity index (χ0) is 13.4. The molecule has 0 radical (unpaired) electrons. The van der Waals surface area contributed by atoms with Gasteiger partial charge in [-0.1, -0.05) is 47.1 Å². The van der Waals surface area contributed by atoms with Crippen LogP contribution in [0.2, 0.25) is 0 Å². The van der Waals surface area contributed by atoms with Crippen LogP contribution in [0.1, 0.15) is 40.8 Å². The van der Waals surface area contributed by atoms with Crippen molar-refractivity contribution in [2.75, 3.05) is 0 Å². The van der Waals surface area contributed by atoms with Crippen LogP contribution >= 0.6 is 15.9 Å². The summed E-state index contributed by atoms with van der Waals surface area (Å²) in [5, 5.41) is 10.6. The largest absolute Gasteiger partial charge is 0.384 e. The summed E-state index contributed by atoms with van der Waals surface area (Å²) < 4.78 is 1.02. The highest BCUT2D eigenvalue weighted by atomic mass is 79.9. The second kappa shape index (κ2) is 5.10. The lowest BCUT2D eigenvalue weighted by Crippen LogP contribution is -2.11. The van der Waals surface area contributed by atoms with Crippen molar-refractivity contribution in [1.82, 2.24) is 0 Å². The van der Waals surface area contributed by atoms with Crippen LogP contribution in [0.4, 0.5) is 0 Å². The summed E-state index contributed by atoms with van der Waals surface area (Å²) in [5.74, 6) is 0. The Hall–Kier alpha value is -1.12. The van der Waals surface area contributed by atoms with E-state index in [1.807, 2.05) is 12.1 Å². The summed E-state index contributed by atoms with van der Waals surface area (Å²) in [6.45, 7) is 2.12. The molecule has 2 aromatic carbocycles. The van der Waals surface area contributed by atoms with E-state index in [0.29, 0.717) is 0 Å². The van der Waals surface area contributed by atoms with E-state index in [4.69, 9.17) is 0 Å². The second-order valence-corrected chi connectivity index (χ2v) is 6.04. The molecule has 0 amide bonds. The van der Waals surface area contributed by atoms with E-state index in [1.165, 1.54) is 23.1 Å². The fourth-order valence-corrected chi connectivity index (χ4v) is 3.09. The van der Waals surface area contributed by atoms with Gasteiger partial charge in [-0.2, -0.15) is 0 Å². The fraction of sp³-hybridized carbons (Fsp3) is 0.294. The maximum atomic E-state index is 10.6. The van der Waals surface area contributed by atoms with Gasteiger partial charge in [-0.25, -0.2) is 0 Å². The first-order chi connectivity index (χ1) is 9.19. The zero-order valence-electron chi connectivity index (χ0n) is 11.0. The van der Waals surface area contributed by atoms with Crippen LogP contribution in [0.5, 0.6) is 0 Å². The van der Waals surface area contributed by atoms with Crippen LogP contribution in [0.25, 0.3) is 0 Å². The maximum Gasteiger partial charge on any atom is 0.104 e. The molecule has 1 aliphatic rings. The van der Waals surface area contributed by atoms with E-state index in [9.17, 15) is 5.11 Å². The lowest BCUT2D eigenvalue weighted by atomic mass is 9.85. The number of aryl methyl sites for hydroxylation is 3. The summed E-state index contributed by atoms with van der Waals surface area (Å²) in [6, 6.07) is 12.5. The molecule has 0 fully saturated rings. The molecule has 0 saturated carbocycles. The average molecular weight is 317 g/mol. The number of hydrogen-bond acceptors (Lipinski definition) is 1. The van der Waals surface area contributed by atoms with Crippen molar-refractivity contribution in [2.24, 2.45) is 0 Å². The van der Waals surface area contributed by atoms with E-state index in [2.05, 4.69) is 47.1 Å². The predicted octanol–water partition coefficient (Wildman–Crippen LogP) is 4.19. The van der Waals surface area contributed by atoms with Gasteiger partial charge in [0.15, 0.2) is 0 Å². The lowest BCUT2D eigenvalue weighted by molar-refractivity contribution is 0.219. The summed E-state index contributed by atoms with van der Waals surface area (Å²) in [7, 11) is 0. The number of aliphatic hydroxyl groups is 1. The minimum atomic E-state index is -0.529. The quantitative estimate of drug-likeness (QED) is 0.900. The Bertz CT molecular complexity index is 619. The normalized spacial score (nSPS) is 14.7. The van der Waals surface area contributed by atoms with Gasteiger partial charge in [-0.15, -0.1) is 0 Å². The number of benzene rings is 2. The third-order valence-corrected chi connectivity index (χ3v) is 4.49. The smallest absolute Gasteiger partial charge is 0.104 e. The molecule has 1 nitrogen and oxygen atoms in total. The van der Waals surface area contributed by atoms with Crippen molar-refractivity contribution in [3.05, 3.63) is 68.7 Å². The number of hydrogen-bond donors (Lipinski definition) is 1. The molecule has 2 aromatic rings. The van der Waals surface area contributed by atoms with Gasteiger partial charge >= 0.3 is 0 Å². The molecule has 1 N–H and O–H groups in total. The Labute approximate surface area is 122 Å². The molecule has 19 heavy (non-hydrogen) atoms. The van der Waals surface area contributed by atoms with Crippen LogP contribution in [-0.4, -0.2) is 5.11 Å². The Morgan fingerprint density at radius 1 is 1.11 bits per heavy atom. The first-order valence-corrected chi connectivity index (χ1v) is 7.56. The molecule has 1 atom stereocenters. The van der Waals surface area contributed by atoms with Crippen molar-refractivity contribution >= 4 is 15.9 Å². The first kappa shape index (κ1) is 12.9. The maximum absolute atomic E-state index is 10.6. The van der Waals surface area contributed by atoms with E-state index in [0.717, 1.165) is 28.4 Å². The van der Waals surface area contributed by atoms with Crippen molar-refractivity contribution in [3.63, 3.8) is 0 Å². The molecular formula is C17H17BrO. The van der Waals surface area contributed by atoms with Crippen molar-refractivity contribution in [2.45, 2.75) is 32.3 Å². The highest BCUT2D eigenvalue weighted by molar-refractivity contribution is 9.10. The number of aliphatic hydroxyl groups excluding tert-OH is 1. The first-order valence-electron chi connectivity index (χ1n) is 6.77. The zero-order valence-corrected chi connectivity index (χ0v) is 12.6. The van der Waals surface area contributed by atoms with Gasteiger partial charge in [0.25, 0.3) is 0 Å². The summed E-state index contributed by atoms with van der Waals surface area (Å²) >= 11 is 3.49. The Morgan fingerprint density at radius 3 is 2.53 bits per heavy atom. The minimum absolute atomic E-state index is 0.529. The van der Waals surface area contributed by atoms with Crippen LogP contribution in [0.15, 0.2) is 40.9 Å². The van der Waals surface area contributed by atoms with Crippen molar-refractivity contribution < 1.29 is 5.11 Å². The van der Waals surface area contributed by atoms with Crippen molar-refractivity contribution in [1.29, 1.82) is 0 Å². The molecule has 0 heterocycles. The monoisotopic (exact) mass is 316 g/mol. The SMILES string of the molecule is CCc1ccc(Br)cc1C(O)c1ccc2c(c1)CC2.